The molecule has 2 saturated carbocycles. The molecule has 14 amide bonds. The SMILES string of the molecule is NCCCCC(NC(=O)C(Cc1cnc[nH]1)NC(=O)C(CO)NC(=O)C(CC1CCCCC1)NC(=O)CNC(=O)C1CCCN1C(=O)C(CCCN=C(N)N)NC(=O)C(CCC(N)=O)NC(=O)C(CCCN=C(N)N)NC(=O)C(CCCN=C(N)N)NC(=O)CCC1C=CC=CC1)C(=O)NCC(=O)N1C(C(N)=O)CC2CCCCC21. The third-order valence-corrected chi connectivity index (χ3v) is 21.2. The molecule has 3 aliphatic carbocycles. The van der Waals surface area contributed by atoms with Crippen molar-refractivity contribution in [1.82, 2.24) is 72.9 Å². The molecule has 3 heterocycles. The Balaban J connectivity index is 1.13. The summed E-state index contributed by atoms with van der Waals surface area (Å²) in [7, 11) is 0. The van der Waals surface area contributed by atoms with Crippen LogP contribution in [0.3, 0.4) is 0 Å². The number of carbonyl (C=O) groups is 14. The van der Waals surface area contributed by atoms with Gasteiger partial charge in [0.2, 0.25) is 82.7 Å². The third kappa shape index (κ3) is 32.1. The monoisotopic (exact) mass is 1610 g/mol. The van der Waals surface area contributed by atoms with Gasteiger partial charge in [-0.25, -0.2) is 4.98 Å². The molecule has 1 aromatic rings. The number of likely N-dealkylation sites (tertiary alicyclic amines) is 2. The fourth-order valence-corrected chi connectivity index (χ4v) is 15.2. The number of H-pyrrole nitrogens is 1. The lowest BCUT2D eigenvalue weighted by atomic mass is 9.84. The molecule has 41 heteroatoms. The quantitative estimate of drug-likeness (QED) is 0.0164. The minimum atomic E-state index is -1.72. The Bertz CT molecular complexity index is 3600. The summed E-state index contributed by atoms with van der Waals surface area (Å²) in [5.41, 5.74) is 50.9. The number of allylic oxidation sites excluding steroid dienone is 4. The Kier molecular flexibility index (Phi) is 39.5. The lowest BCUT2D eigenvalue weighted by Crippen LogP contribution is -2.60. The second kappa shape index (κ2) is 48.9. The van der Waals surface area contributed by atoms with Crippen LogP contribution in [0.5, 0.6) is 0 Å². The highest BCUT2D eigenvalue weighted by molar-refractivity contribution is 5.99. The summed E-state index contributed by atoms with van der Waals surface area (Å²) in [5, 5.41) is 37.1. The first-order valence-corrected chi connectivity index (χ1v) is 40.0. The van der Waals surface area contributed by atoms with E-state index < -0.39 is 176 Å². The van der Waals surface area contributed by atoms with E-state index in [0.717, 1.165) is 44.9 Å². The Labute approximate surface area is 668 Å². The van der Waals surface area contributed by atoms with Gasteiger partial charge < -0.3 is 125 Å². The van der Waals surface area contributed by atoms with Gasteiger partial charge in [0.25, 0.3) is 0 Å². The van der Waals surface area contributed by atoms with Crippen LogP contribution < -0.4 is 105 Å². The molecule has 2 aliphatic heterocycles. The second-order valence-electron chi connectivity index (χ2n) is 30.0. The van der Waals surface area contributed by atoms with Crippen LogP contribution in [0.1, 0.15) is 179 Å². The van der Waals surface area contributed by atoms with E-state index in [-0.39, 0.29) is 151 Å². The largest absolute Gasteiger partial charge is 0.394 e. The maximum Gasteiger partial charge on any atom is 0.245 e. The van der Waals surface area contributed by atoms with E-state index >= 15 is 0 Å². The number of nitrogens with zero attached hydrogens (tertiary/aromatic N) is 6. The number of primary amides is 2. The molecule has 13 atom stereocenters. The highest BCUT2D eigenvalue weighted by atomic mass is 16.3. The molecule has 0 aromatic carbocycles. The van der Waals surface area contributed by atoms with Gasteiger partial charge in [0.05, 0.1) is 26.0 Å². The number of fused-ring (bicyclic) bond motifs is 1. The number of unbranched alkanes of at least 4 members (excludes halogenated alkanes) is 1. The summed E-state index contributed by atoms with van der Waals surface area (Å²) in [6.45, 7) is -1.87. The average molecular weight is 1620 g/mol. The highest BCUT2D eigenvalue weighted by Gasteiger charge is 2.47. The van der Waals surface area contributed by atoms with Crippen molar-refractivity contribution >= 4 is 101 Å². The molecule has 5 aliphatic rings. The number of guanidine groups is 3. The number of hydrogen-bond acceptors (Lipinski definition) is 20. The second-order valence-corrected chi connectivity index (χ2v) is 30.0. The van der Waals surface area contributed by atoms with Crippen molar-refractivity contribution in [1.29, 1.82) is 0 Å². The first-order chi connectivity index (χ1) is 55.0. The molecule has 0 spiro atoms. The molecule has 4 fully saturated rings. The van der Waals surface area contributed by atoms with Gasteiger partial charge in [-0.15, -0.1) is 0 Å². The Morgan fingerprint density at radius 1 is 0.530 bits per heavy atom. The van der Waals surface area contributed by atoms with Crippen molar-refractivity contribution < 1.29 is 72.2 Å². The van der Waals surface area contributed by atoms with Crippen LogP contribution in [0, 0.1) is 17.8 Å². The zero-order chi connectivity index (χ0) is 83.9. The summed E-state index contributed by atoms with van der Waals surface area (Å²) in [6, 6.07) is -13.7. The number of amides is 14. The Morgan fingerprint density at radius 2 is 1.07 bits per heavy atom. The number of hydrogen-bond donors (Lipinski definition) is 21. The maximum atomic E-state index is 14.9. The fourth-order valence-electron chi connectivity index (χ4n) is 15.2. The minimum absolute atomic E-state index is 0.00497. The molecule has 2 saturated heterocycles. The van der Waals surface area contributed by atoms with Crippen molar-refractivity contribution in [2.24, 2.45) is 84.3 Å². The predicted octanol–water partition coefficient (Wildman–Crippen LogP) is -5.87. The molecule has 6 rings (SSSR count). The zero-order valence-electron chi connectivity index (χ0n) is 65.5. The van der Waals surface area contributed by atoms with Gasteiger partial charge in [0.1, 0.15) is 60.4 Å². The number of carbonyl (C=O) groups excluding carboxylic acids is 14. The summed E-state index contributed by atoms with van der Waals surface area (Å²) in [4.78, 5) is 217. The fraction of sp³-hybridized carbons (Fsp3) is 0.676. The summed E-state index contributed by atoms with van der Waals surface area (Å²) in [5.74, 6) is -11.6. The van der Waals surface area contributed by atoms with Crippen molar-refractivity contribution in [2.75, 3.05) is 52.4 Å². The number of rotatable bonds is 49. The van der Waals surface area contributed by atoms with E-state index in [1.807, 2.05) is 24.3 Å². The average Bonchev–Trinajstić information content (AvgIpc) is 1.65. The first kappa shape index (κ1) is 92.9. The Morgan fingerprint density at radius 3 is 1.65 bits per heavy atom. The van der Waals surface area contributed by atoms with Crippen LogP contribution in [-0.2, 0) is 73.5 Å². The minimum Gasteiger partial charge on any atom is -0.394 e. The topological polar surface area (TPSA) is 686 Å². The van der Waals surface area contributed by atoms with E-state index in [0.29, 0.717) is 50.6 Å². The van der Waals surface area contributed by atoms with E-state index in [1.165, 1.54) is 22.3 Å². The summed E-state index contributed by atoms with van der Waals surface area (Å²) < 4.78 is 0. The zero-order valence-corrected chi connectivity index (χ0v) is 65.5. The highest BCUT2D eigenvalue weighted by Crippen LogP contribution is 2.40. The molecule has 0 bridgehead atoms. The molecule has 115 heavy (non-hydrogen) atoms. The van der Waals surface area contributed by atoms with Gasteiger partial charge in [-0.1, -0.05) is 69.2 Å². The number of nitrogens with two attached hydrogens (primary N) is 9. The molecule has 638 valence electrons. The standard InChI is InChI=1S/C74H122N26O15/c75-30-10-9-20-47(63(107)89-40-61(105)100-55-24-8-7-19-45(55)36-57(100)62(77)106)93-68(112)53(37-46-38-84-42-90-46)97-69(113)54(41-101)98-67(111)52(35-44-17-5-2-6-18-44)92-60(104)39-88-70(114)56-25-14-34-99(56)71(115)51(23-13-33-87-74(82)83)96-66(110)50(27-28-58(76)102)95-65(109)49(22-12-32-86-73(80)81)94-64(108)48(21-11-31-85-72(78)79)91-59(103)29-26-43-15-3-1-4-16-43/h1,3-4,15,38,42-45,47-57,101H,2,5-14,16-37,39-41,75H2,(H2,76,102)(H2,77,106)(H,84,90)(H,88,114)(H,89,107)(H,91,103)(H,92,104)(H,93,112)(H,94,108)(H,95,109)(H,96,110)(H,97,113)(H,98,111)(H4,78,79,85)(H4,80,81,86)(H4,82,83,87). The number of aromatic nitrogens is 2. The smallest absolute Gasteiger partial charge is 0.245 e. The van der Waals surface area contributed by atoms with Gasteiger partial charge in [0, 0.05) is 63.4 Å². The number of aliphatic hydroxyl groups is 1. The third-order valence-electron chi connectivity index (χ3n) is 21.2. The van der Waals surface area contributed by atoms with Crippen molar-refractivity contribution in [3.63, 3.8) is 0 Å². The first-order valence-electron chi connectivity index (χ1n) is 40.0. The van der Waals surface area contributed by atoms with Crippen LogP contribution >= 0.6 is 0 Å². The normalized spacial score (nSPS) is 19.8. The molecule has 13 unspecified atom stereocenters. The van der Waals surface area contributed by atoms with E-state index in [2.05, 4.69) is 78.1 Å². The van der Waals surface area contributed by atoms with E-state index in [1.54, 1.807) is 0 Å². The molecule has 0 radical (unpaired) electrons. The predicted molar refractivity (Wildman–Crippen MR) is 424 cm³/mol. The van der Waals surface area contributed by atoms with Crippen molar-refractivity contribution in [3.05, 3.63) is 42.5 Å². The summed E-state index contributed by atoms with van der Waals surface area (Å²) in [6.07, 6.45) is 20.0. The molecule has 30 N–H and O–H groups in total. The van der Waals surface area contributed by atoms with E-state index in [4.69, 9.17) is 51.6 Å². The van der Waals surface area contributed by atoms with Crippen LogP contribution in [0.4, 0.5) is 0 Å². The van der Waals surface area contributed by atoms with Crippen LogP contribution in [-0.4, -0.2) is 244 Å². The van der Waals surface area contributed by atoms with Gasteiger partial charge in [-0.3, -0.25) is 82.1 Å². The van der Waals surface area contributed by atoms with Gasteiger partial charge in [-0.05, 0) is 140 Å². The Hall–Kier alpha value is -11.0. The van der Waals surface area contributed by atoms with Crippen LogP contribution in [0.25, 0.3) is 0 Å². The number of nitrogens with one attached hydrogen (secondary N) is 11. The lowest BCUT2D eigenvalue weighted by molar-refractivity contribution is -0.142. The van der Waals surface area contributed by atoms with Crippen LogP contribution in [0.15, 0.2) is 51.8 Å². The summed E-state index contributed by atoms with van der Waals surface area (Å²) >= 11 is 0. The van der Waals surface area contributed by atoms with Crippen LogP contribution in [0.2, 0.25) is 0 Å². The molecular weight excluding hydrogens is 1490 g/mol. The number of aromatic amines is 1. The van der Waals surface area contributed by atoms with Gasteiger partial charge >= 0.3 is 0 Å². The molecule has 1 aromatic heterocycles. The molecular formula is C74H122N26O15. The van der Waals surface area contributed by atoms with Gasteiger partial charge in [0.15, 0.2) is 17.9 Å². The number of aliphatic hydroxyl groups excluding tert-OH is 1. The van der Waals surface area contributed by atoms with Crippen molar-refractivity contribution in [3.8, 4) is 0 Å². The maximum absolute atomic E-state index is 14.9. The van der Waals surface area contributed by atoms with Gasteiger partial charge in [-0.2, -0.15) is 0 Å². The lowest BCUT2D eigenvalue weighted by Gasteiger charge is -2.33. The van der Waals surface area contributed by atoms with E-state index in [9.17, 15) is 72.2 Å². The number of aliphatic imine (C=N–C) groups is 3. The molecule has 41 nitrogen and oxygen atoms in total. The van der Waals surface area contributed by atoms with Crippen molar-refractivity contribution in [2.45, 2.75) is 246 Å². The number of imidazole rings is 1.